The maximum absolute atomic E-state index is 11.0. The molecular weight excluding hydrogens is 482 g/mol. The second kappa shape index (κ2) is 11.1. The lowest BCUT2D eigenvalue weighted by Crippen LogP contribution is -2.44. The van der Waals surface area contributed by atoms with Crippen LogP contribution < -0.4 is 24.3 Å². The van der Waals surface area contributed by atoms with Crippen molar-refractivity contribution in [3.63, 3.8) is 0 Å². The molecule has 0 aromatic heterocycles. The number of non-ortho nitro benzene ring substituents is 1. The lowest BCUT2D eigenvalue weighted by molar-refractivity contribution is -0.384. The van der Waals surface area contributed by atoms with Gasteiger partial charge in [-0.05, 0) is 66.2 Å². The second-order valence-corrected chi connectivity index (χ2v) is 8.48. The standard InChI is InChI=1S/C26H27N3O6S/c1-32-21-6-4-5-18(14-21)27-26(36)28-12-11-17-13-24(33-2)25(34-3)15-22(17)23(28)16-35-20-9-7-19(8-10-20)29(30)31/h4-10,13-15,23H,11-12,16H2,1-3H3,(H,27,36). The Morgan fingerprint density at radius 2 is 1.75 bits per heavy atom. The second-order valence-electron chi connectivity index (χ2n) is 8.09. The molecule has 1 aliphatic heterocycles. The van der Waals surface area contributed by atoms with E-state index in [2.05, 4.69) is 10.2 Å². The van der Waals surface area contributed by atoms with Gasteiger partial charge in [-0.15, -0.1) is 0 Å². The van der Waals surface area contributed by atoms with Gasteiger partial charge in [-0.3, -0.25) is 10.1 Å². The highest BCUT2D eigenvalue weighted by atomic mass is 32.1. The molecule has 1 N–H and O–H groups in total. The first-order chi connectivity index (χ1) is 17.4. The Balaban J connectivity index is 1.63. The molecule has 4 rings (SSSR count). The molecule has 0 saturated carbocycles. The molecule has 9 nitrogen and oxygen atoms in total. The summed E-state index contributed by atoms with van der Waals surface area (Å²) in [6, 6.07) is 17.3. The van der Waals surface area contributed by atoms with Crippen molar-refractivity contribution in [3.8, 4) is 23.0 Å². The number of rotatable bonds is 8. The molecule has 0 bridgehead atoms. The van der Waals surface area contributed by atoms with Crippen LogP contribution in [0.15, 0.2) is 60.7 Å². The van der Waals surface area contributed by atoms with E-state index in [0.717, 1.165) is 29.0 Å². The number of benzene rings is 3. The fourth-order valence-corrected chi connectivity index (χ4v) is 4.52. The summed E-state index contributed by atoms with van der Waals surface area (Å²) in [5.41, 5.74) is 2.95. The summed E-state index contributed by atoms with van der Waals surface area (Å²) in [5, 5.41) is 14.8. The van der Waals surface area contributed by atoms with E-state index in [1.54, 1.807) is 33.5 Å². The number of nitrogens with zero attached hydrogens (tertiary/aromatic N) is 2. The average Bonchev–Trinajstić information content (AvgIpc) is 2.90. The number of nitro benzene ring substituents is 1. The van der Waals surface area contributed by atoms with Gasteiger partial charge in [0.05, 0.1) is 32.3 Å². The third-order valence-electron chi connectivity index (χ3n) is 6.04. The van der Waals surface area contributed by atoms with Crippen molar-refractivity contribution in [2.75, 3.05) is 39.8 Å². The van der Waals surface area contributed by atoms with Gasteiger partial charge in [-0.2, -0.15) is 0 Å². The first-order valence-electron chi connectivity index (χ1n) is 11.3. The molecule has 3 aromatic rings. The molecule has 3 aromatic carbocycles. The van der Waals surface area contributed by atoms with E-state index in [0.29, 0.717) is 28.9 Å². The predicted molar refractivity (Wildman–Crippen MR) is 141 cm³/mol. The largest absolute Gasteiger partial charge is 0.497 e. The highest BCUT2D eigenvalue weighted by molar-refractivity contribution is 7.80. The van der Waals surface area contributed by atoms with E-state index < -0.39 is 4.92 Å². The average molecular weight is 510 g/mol. The van der Waals surface area contributed by atoms with Crippen LogP contribution in [0.5, 0.6) is 23.0 Å². The normalized spacial score (nSPS) is 14.4. The summed E-state index contributed by atoms with van der Waals surface area (Å²) in [6.45, 7) is 0.923. The van der Waals surface area contributed by atoms with Crippen molar-refractivity contribution in [2.45, 2.75) is 12.5 Å². The predicted octanol–water partition coefficient (Wildman–Crippen LogP) is 5.00. The van der Waals surface area contributed by atoms with E-state index in [-0.39, 0.29) is 18.3 Å². The molecule has 0 spiro atoms. The summed E-state index contributed by atoms with van der Waals surface area (Å²) < 4.78 is 22.5. The van der Waals surface area contributed by atoms with Gasteiger partial charge in [0.25, 0.3) is 5.69 Å². The van der Waals surface area contributed by atoms with E-state index >= 15 is 0 Å². The monoisotopic (exact) mass is 509 g/mol. The van der Waals surface area contributed by atoms with Gasteiger partial charge in [0.1, 0.15) is 18.1 Å². The van der Waals surface area contributed by atoms with Crippen molar-refractivity contribution < 1.29 is 23.9 Å². The fraction of sp³-hybridized carbons (Fsp3) is 0.269. The smallest absolute Gasteiger partial charge is 0.269 e. The summed E-state index contributed by atoms with van der Waals surface area (Å²) in [5.74, 6) is 2.53. The van der Waals surface area contributed by atoms with Gasteiger partial charge < -0.3 is 29.2 Å². The Morgan fingerprint density at radius 1 is 1.03 bits per heavy atom. The zero-order valence-corrected chi connectivity index (χ0v) is 21.0. The van der Waals surface area contributed by atoms with E-state index in [1.807, 2.05) is 36.4 Å². The Hall–Kier alpha value is -4.05. The summed E-state index contributed by atoms with van der Waals surface area (Å²) in [7, 11) is 4.83. The highest BCUT2D eigenvalue weighted by Gasteiger charge is 2.31. The van der Waals surface area contributed by atoms with Crippen LogP contribution in [0.1, 0.15) is 17.2 Å². The first kappa shape index (κ1) is 25.1. The Bertz CT molecular complexity index is 1250. The molecule has 188 valence electrons. The molecule has 1 unspecified atom stereocenters. The zero-order chi connectivity index (χ0) is 25.7. The molecule has 10 heteroatoms. The van der Waals surface area contributed by atoms with Gasteiger partial charge in [0.15, 0.2) is 16.6 Å². The molecule has 0 saturated heterocycles. The third kappa shape index (κ3) is 5.44. The SMILES string of the molecule is COc1cccc(NC(=S)N2CCc3cc(OC)c(OC)cc3C2COc2ccc([N+](=O)[O-])cc2)c1. The molecule has 0 amide bonds. The van der Waals surface area contributed by atoms with E-state index in [9.17, 15) is 10.1 Å². The van der Waals surface area contributed by atoms with Gasteiger partial charge in [0.2, 0.25) is 0 Å². The molecule has 1 aliphatic rings. The van der Waals surface area contributed by atoms with Gasteiger partial charge in [-0.1, -0.05) is 6.07 Å². The maximum Gasteiger partial charge on any atom is 0.269 e. The minimum Gasteiger partial charge on any atom is -0.497 e. The third-order valence-corrected chi connectivity index (χ3v) is 6.38. The van der Waals surface area contributed by atoms with Crippen LogP contribution in [-0.2, 0) is 6.42 Å². The number of thiocarbonyl (C=S) groups is 1. The summed E-state index contributed by atoms with van der Waals surface area (Å²) >= 11 is 5.82. The van der Waals surface area contributed by atoms with Crippen LogP contribution in [0.4, 0.5) is 11.4 Å². The van der Waals surface area contributed by atoms with Crippen molar-refractivity contribution in [1.82, 2.24) is 4.90 Å². The van der Waals surface area contributed by atoms with E-state index in [1.165, 1.54) is 12.1 Å². The van der Waals surface area contributed by atoms with Crippen LogP contribution in [-0.4, -0.2) is 49.4 Å². The van der Waals surface area contributed by atoms with Crippen molar-refractivity contribution in [2.24, 2.45) is 0 Å². The quantitative estimate of drug-likeness (QED) is 0.256. The number of methoxy groups -OCH3 is 3. The minimum absolute atomic E-state index is 0.00693. The Kier molecular flexibility index (Phi) is 7.74. The lowest BCUT2D eigenvalue weighted by Gasteiger charge is -2.39. The Morgan fingerprint density at radius 3 is 2.42 bits per heavy atom. The van der Waals surface area contributed by atoms with Crippen molar-refractivity contribution in [3.05, 3.63) is 81.9 Å². The Labute approximate surface area is 214 Å². The molecule has 36 heavy (non-hydrogen) atoms. The molecule has 0 fully saturated rings. The van der Waals surface area contributed by atoms with Gasteiger partial charge >= 0.3 is 0 Å². The molecule has 0 aliphatic carbocycles. The van der Waals surface area contributed by atoms with Crippen molar-refractivity contribution in [1.29, 1.82) is 0 Å². The van der Waals surface area contributed by atoms with Gasteiger partial charge in [0, 0.05) is 30.4 Å². The van der Waals surface area contributed by atoms with Crippen molar-refractivity contribution >= 4 is 28.7 Å². The number of nitrogens with one attached hydrogen (secondary N) is 1. The molecule has 1 heterocycles. The number of ether oxygens (including phenoxy) is 4. The fourth-order valence-electron chi connectivity index (χ4n) is 4.19. The summed E-state index contributed by atoms with van der Waals surface area (Å²) in [6.07, 6.45) is 0.754. The van der Waals surface area contributed by atoms with Crippen LogP contribution >= 0.6 is 12.2 Å². The number of anilines is 1. The maximum atomic E-state index is 11.0. The lowest BCUT2D eigenvalue weighted by atomic mass is 9.92. The van der Waals surface area contributed by atoms with Crippen LogP contribution in [0, 0.1) is 10.1 Å². The topological polar surface area (TPSA) is 95.3 Å². The number of hydrogen-bond acceptors (Lipinski definition) is 7. The first-order valence-corrected chi connectivity index (χ1v) is 11.7. The van der Waals surface area contributed by atoms with Gasteiger partial charge in [-0.25, -0.2) is 0 Å². The van der Waals surface area contributed by atoms with Crippen LogP contribution in [0.3, 0.4) is 0 Å². The number of fused-ring (bicyclic) bond motifs is 1. The van der Waals surface area contributed by atoms with E-state index in [4.69, 9.17) is 31.2 Å². The number of nitro groups is 1. The zero-order valence-electron chi connectivity index (χ0n) is 20.2. The molecule has 0 radical (unpaired) electrons. The van der Waals surface area contributed by atoms with Crippen LogP contribution in [0.25, 0.3) is 0 Å². The minimum atomic E-state index is -0.439. The highest BCUT2D eigenvalue weighted by Crippen LogP contribution is 2.39. The summed E-state index contributed by atoms with van der Waals surface area (Å²) in [4.78, 5) is 12.6. The number of hydrogen-bond donors (Lipinski definition) is 1. The van der Waals surface area contributed by atoms with Crippen LogP contribution in [0.2, 0.25) is 0 Å². The molecule has 1 atom stereocenters. The molecular formula is C26H27N3O6S.